The number of aromatic nitrogens is 1. The molecule has 2 aromatic rings. The molecule has 1 N–H and O–H groups in total. The summed E-state index contributed by atoms with van der Waals surface area (Å²) in [7, 11) is 0. The Bertz CT molecular complexity index is 687. The standard InChI is InChI=1S/C18H23ClN4O.ClH/c19-15-3-1-2-14(10-15)17-11-21-18(24-17)13-22-7-4-16(12-22)23-8-5-20-6-9-23;/h1-3,10-11,16,20H,4-9,12-13H2;1H. The lowest BCUT2D eigenvalue weighted by molar-refractivity contribution is 0.168. The van der Waals surface area contributed by atoms with Crippen molar-refractivity contribution in [2.24, 2.45) is 0 Å². The van der Waals surface area contributed by atoms with E-state index in [0.717, 1.165) is 63.0 Å². The van der Waals surface area contributed by atoms with Crippen molar-refractivity contribution in [1.82, 2.24) is 20.1 Å². The summed E-state index contributed by atoms with van der Waals surface area (Å²) in [5.74, 6) is 1.57. The van der Waals surface area contributed by atoms with Crippen LogP contribution in [0.1, 0.15) is 12.3 Å². The molecule has 1 unspecified atom stereocenters. The molecule has 2 fully saturated rings. The number of hydrogen-bond acceptors (Lipinski definition) is 5. The Hall–Kier alpha value is -1.11. The average molecular weight is 383 g/mol. The van der Waals surface area contributed by atoms with Crippen LogP contribution in [0.15, 0.2) is 34.9 Å². The minimum Gasteiger partial charge on any atom is -0.439 e. The summed E-state index contributed by atoms with van der Waals surface area (Å²) in [6, 6.07) is 8.37. The molecule has 0 aliphatic carbocycles. The summed E-state index contributed by atoms with van der Waals surface area (Å²) < 4.78 is 5.93. The van der Waals surface area contributed by atoms with Gasteiger partial charge in [-0.25, -0.2) is 4.98 Å². The molecule has 0 saturated carbocycles. The van der Waals surface area contributed by atoms with Gasteiger partial charge in [-0.1, -0.05) is 23.7 Å². The molecule has 136 valence electrons. The number of nitrogens with zero attached hydrogens (tertiary/aromatic N) is 3. The van der Waals surface area contributed by atoms with E-state index in [1.54, 1.807) is 6.20 Å². The van der Waals surface area contributed by atoms with E-state index in [9.17, 15) is 0 Å². The maximum atomic E-state index is 6.05. The first-order valence-electron chi connectivity index (χ1n) is 8.66. The lowest BCUT2D eigenvalue weighted by Gasteiger charge is -2.32. The monoisotopic (exact) mass is 382 g/mol. The molecule has 0 bridgehead atoms. The third kappa shape index (κ3) is 4.54. The van der Waals surface area contributed by atoms with Gasteiger partial charge < -0.3 is 9.73 Å². The third-order valence-electron chi connectivity index (χ3n) is 4.94. The Morgan fingerprint density at radius 2 is 2.08 bits per heavy atom. The largest absolute Gasteiger partial charge is 0.439 e. The van der Waals surface area contributed by atoms with E-state index in [0.29, 0.717) is 11.1 Å². The first-order chi connectivity index (χ1) is 11.8. The first-order valence-corrected chi connectivity index (χ1v) is 9.03. The van der Waals surface area contributed by atoms with Gasteiger partial charge in [0, 0.05) is 55.9 Å². The Balaban J connectivity index is 0.00000182. The van der Waals surface area contributed by atoms with E-state index in [-0.39, 0.29) is 12.4 Å². The van der Waals surface area contributed by atoms with Gasteiger partial charge in [-0.2, -0.15) is 0 Å². The predicted molar refractivity (Wildman–Crippen MR) is 102 cm³/mol. The van der Waals surface area contributed by atoms with Crippen LogP contribution in [0.5, 0.6) is 0 Å². The van der Waals surface area contributed by atoms with E-state index in [1.165, 1.54) is 6.42 Å². The van der Waals surface area contributed by atoms with Gasteiger partial charge in [-0.15, -0.1) is 12.4 Å². The molecule has 3 heterocycles. The fourth-order valence-corrected chi connectivity index (χ4v) is 3.84. The summed E-state index contributed by atoms with van der Waals surface area (Å²) in [6.07, 6.45) is 3.03. The maximum Gasteiger partial charge on any atom is 0.209 e. The van der Waals surface area contributed by atoms with Crippen molar-refractivity contribution in [3.05, 3.63) is 41.4 Å². The van der Waals surface area contributed by atoms with Gasteiger partial charge in [0.2, 0.25) is 5.89 Å². The molecule has 2 saturated heterocycles. The van der Waals surface area contributed by atoms with Gasteiger partial charge in [-0.3, -0.25) is 9.80 Å². The highest BCUT2D eigenvalue weighted by molar-refractivity contribution is 6.30. The fourth-order valence-electron chi connectivity index (χ4n) is 3.65. The van der Waals surface area contributed by atoms with Gasteiger partial charge in [0.25, 0.3) is 0 Å². The molecule has 2 aliphatic heterocycles. The van der Waals surface area contributed by atoms with Crippen LogP contribution in [0.2, 0.25) is 5.02 Å². The van der Waals surface area contributed by atoms with Gasteiger partial charge in [0.1, 0.15) is 0 Å². The van der Waals surface area contributed by atoms with E-state index in [1.807, 2.05) is 24.3 Å². The molecular formula is C18H24Cl2N4O. The zero-order valence-electron chi connectivity index (χ0n) is 14.2. The van der Waals surface area contributed by atoms with Crippen LogP contribution in [-0.2, 0) is 6.54 Å². The van der Waals surface area contributed by atoms with Crippen LogP contribution < -0.4 is 5.32 Å². The number of benzene rings is 1. The van der Waals surface area contributed by atoms with Crippen LogP contribution in [0.25, 0.3) is 11.3 Å². The predicted octanol–water partition coefficient (Wildman–Crippen LogP) is 2.90. The second-order valence-corrected chi connectivity index (χ2v) is 7.03. The SMILES string of the molecule is Cl.Clc1cccc(-c2cnc(CN3CCC(N4CCNCC4)C3)o2)c1. The number of nitrogens with one attached hydrogen (secondary N) is 1. The number of halogens is 2. The molecule has 1 atom stereocenters. The zero-order chi connectivity index (χ0) is 16.4. The number of likely N-dealkylation sites (tertiary alicyclic amines) is 1. The van der Waals surface area contributed by atoms with Crippen LogP contribution in [0, 0.1) is 0 Å². The van der Waals surface area contributed by atoms with Crippen molar-refractivity contribution < 1.29 is 4.42 Å². The zero-order valence-corrected chi connectivity index (χ0v) is 15.7. The minimum absolute atomic E-state index is 0. The fraction of sp³-hybridized carbons (Fsp3) is 0.500. The van der Waals surface area contributed by atoms with E-state index >= 15 is 0 Å². The molecular weight excluding hydrogens is 359 g/mol. The average Bonchev–Trinajstić information content (AvgIpc) is 3.26. The maximum absolute atomic E-state index is 6.05. The summed E-state index contributed by atoms with van der Waals surface area (Å²) >= 11 is 6.05. The normalized spacial score (nSPS) is 22.0. The summed E-state index contributed by atoms with van der Waals surface area (Å²) in [5.41, 5.74) is 0.973. The third-order valence-corrected chi connectivity index (χ3v) is 5.17. The van der Waals surface area contributed by atoms with Crippen molar-refractivity contribution in [3.63, 3.8) is 0 Å². The quantitative estimate of drug-likeness (QED) is 0.880. The van der Waals surface area contributed by atoms with Crippen molar-refractivity contribution >= 4 is 24.0 Å². The van der Waals surface area contributed by atoms with E-state index in [4.69, 9.17) is 16.0 Å². The Kier molecular flexibility index (Phi) is 6.36. The van der Waals surface area contributed by atoms with Gasteiger partial charge in [-0.05, 0) is 18.6 Å². The lowest BCUT2D eigenvalue weighted by Crippen LogP contribution is -2.49. The van der Waals surface area contributed by atoms with Crippen molar-refractivity contribution in [3.8, 4) is 11.3 Å². The van der Waals surface area contributed by atoms with Gasteiger partial charge in [0.05, 0.1) is 12.7 Å². The summed E-state index contributed by atoms with van der Waals surface area (Å²) in [6.45, 7) is 7.55. The molecule has 7 heteroatoms. The first kappa shape index (κ1) is 18.7. The van der Waals surface area contributed by atoms with E-state index in [2.05, 4.69) is 20.1 Å². The van der Waals surface area contributed by atoms with Crippen molar-refractivity contribution in [1.29, 1.82) is 0 Å². The van der Waals surface area contributed by atoms with Crippen LogP contribution in [0.4, 0.5) is 0 Å². The smallest absolute Gasteiger partial charge is 0.209 e. The number of piperazine rings is 1. The molecule has 1 aromatic heterocycles. The Morgan fingerprint density at radius 3 is 2.88 bits per heavy atom. The molecule has 2 aliphatic rings. The second-order valence-electron chi connectivity index (χ2n) is 6.59. The molecule has 4 rings (SSSR count). The lowest BCUT2D eigenvalue weighted by atomic mass is 10.2. The van der Waals surface area contributed by atoms with Gasteiger partial charge in [0.15, 0.2) is 5.76 Å². The molecule has 0 spiro atoms. The van der Waals surface area contributed by atoms with Crippen molar-refractivity contribution in [2.45, 2.75) is 19.0 Å². The number of oxazole rings is 1. The van der Waals surface area contributed by atoms with E-state index < -0.39 is 0 Å². The second kappa shape index (κ2) is 8.52. The van der Waals surface area contributed by atoms with Gasteiger partial charge >= 0.3 is 0 Å². The highest BCUT2D eigenvalue weighted by Gasteiger charge is 2.29. The number of rotatable bonds is 4. The molecule has 1 aromatic carbocycles. The highest BCUT2D eigenvalue weighted by atomic mass is 35.5. The molecule has 5 nitrogen and oxygen atoms in total. The summed E-state index contributed by atoms with van der Waals surface area (Å²) in [5, 5.41) is 4.13. The Labute approximate surface area is 159 Å². The minimum atomic E-state index is 0. The van der Waals surface area contributed by atoms with Crippen LogP contribution in [-0.4, -0.2) is 60.1 Å². The highest BCUT2D eigenvalue weighted by Crippen LogP contribution is 2.25. The topological polar surface area (TPSA) is 44.5 Å². The van der Waals surface area contributed by atoms with Crippen LogP contribution in [0.3, 0.4) is 0 Å². The molecule has 0 radical (unpaired) electrons. The van der Waals surface area contributed by atoms with Crippen LogP contribution >= 0.6 is 24.0 Å². The number of hydrogen-bond donors (Lipinski definition) is 1. The molecule has 25 heavy (non-hydrogen) atoms. The molecule has 0 amide bonds. The summed E-state index contributed by atoms with van der Waals surface area (Å²) in [4.78, 5) is 9.51. The van der Waals surface area contributed by atoms with Crippen molar-refractivity contribution in [2.75, 3.05) is 39.3 Å². The Morgan fingerprint density at radius 1 is 1.24 bits per heavy atom.